The van der Waals surface area contributed by atoms with Crippen molar-refractivity contribution < 1.29 is 9.59 Å². The Hall–Kier alpha value is -2.16. The van der Waals surface area contributed by atoms with Gasteiger partial charge in [0.15, 0.2) is 5.69 Å². The van der Waals surface area contributed by atoms with Gasteiger partial charge in [0.1, 0.15) is 0 Å². The van der Waals surface area contributed by atoms with Crippen LogP contribution in [0.5, 0.6) is 0 Å². The van der Waals surface area contributed by atoms with Gasteiger partial charge < -0.3 is 22.1 Å². The Bertz CT molecular complexity index is 389. The molecular weight excluding hydrogens is 226 g/mol. The van der Waals surface area contributed by atoms with Crippen LogP contribution in [0.25, 0.3) is 0 Å². The van der Waals surface area contributed by atoms with E-state index in [0.29, 0.717) is 13.1 Å². The van der Waals surface area contributed by atoms with Gasteiger partial charge in [0, 0.05) is 19.6 Å². The van der Waals surface area contributed by atoms with Crippen LogP contribution < -0.4 is 22.1 Å². The second-order valence-corrected chi connectivity index (χ2v) is 3.20. The number of nitrogens with one attached hydrogen (secondary N) is 2. The molecule has 0 aliphatic carbocycles. The molecule has 3 amide bonds. The first kappa shape index (κ1) is 12.9. The number of nitrogens with zero attached hydrogens (tertiary/aromatic N) is 3. The lowest BCUT2D eigenvalue weighted by Gasteiger charge is -2.02. The Balaban J connectivity index is 2.33. The number of hydrogen-bond acceptors (Lipinski definition) is 5. The smallest absolute Gasteiger partial charge is 0.312 e. The highest BCUT2D eigenvalue weighted by Crippen LogP contribution is 1.91. The molecule has 0 saturated carbocycles. The number of amides is 3. The summed E-state index contributed by atoms with van der Waals surface area (Å²) in [5, 5.41) is 12.3. The third-order valence-corrected chi connectivity index (χ3v) is 1.84. The quantitative estimate of drug-likeness (QED) is 0.412. The first-order valence-corrected chi connectivity index (χ1v) is 5.05. The summed E-state index contributed by atoms with van der Waals surface area (Å²) in [6, 6.07) is -0.631. The van der Waals surface area contributed by atoms with Crippen molar-refractivity contribution in [3.05, 3.63) is 11.9 Å². The summed E-state index contributed by atoms with van der Waals surface area (Å²) in [5.41, 5.74) is 10.4. The van der Waals surface area contributed by atoms with Gasteiger partial charge in [-0.05, 0) is 0 Å². The van der Waals surface area contributed by atoms with Crippen LogP contribution in [0.15, 0.2) is 6.20 Å². The number of aromatic nitrogens is 3. The van der Waals surface area contributed by atoms with Gasteiger partial charge in [-0.25, -0.2) is 4.79 Å². The Labute approximate surface area is 97.5 Å². The Morgan fingerprint density at radius 1 is 1.35 bits per heavy atom. The van der Waals surface area contributed by atoms with Crippen LogP contribution in [-0.4, -0.2) is 46.6 Å². The fourth-order valence-corrected chi connectivity index (χ4v) is 1.10. The molecule has 0 spiro atoms. The van der Waals surface area contributed by atoms with Crippen LogP contribution in [-0.2, 0) is 6.54 Å². The normalized spacial score (nSPS) is 9.94. The van der Waals surface area contributed by atoms with Gasteiger partial charge in [0.2, 0.25) is 0 Å². The van der Waals surface area contributed by atoms with E-state index in [1.54, 1.807) is 0 Å². The van der Waals surface area contributed by atoms with Crippen LogP contribution in [0.1, 0.15) is 10.5 Å². The van der Waals surface area contributed by atoms with Crippen molar-refractivity contribution >= 4 is 11.9 Å². The predicted molar refractivity (Wildman–Crippen MR) is 59.0 cm³/mol. The Morgan fingerprint density at radius 3 is 2.71 bits per heavy atom. The van der Waals surface area contributed by atoms with Gasteiger partial charge in [0.05, 0.1) is 12.7 Å². The van der Waals surface area contributed by atoms with Crippen LogP contribution >= 0.6 is 0 Å². The molecule has 0 saturated heterocycles. The van der Waals surface area contributed by atoms with E-state index in [0.717, 1.165) is 0 Å². The third kappa shape index (κ3) is 4.47. The first-order chi connectivity index (χ1) is 8.13. The molecule has 1 aromatic heterocycles. The zero-order valence-electron chi connectivity index (χ0n) is 9.22. The lowest BCUT2D eigenvalue weighted by Crippen LogP contribution is -2.37. The molecule has 6 N–H and O–H groups in total. The second-order valence-electron chi connectivity index (χ2n) is 3.20. The first-order valence-electron chi connectivity index (χ1n) is 5.05. The van der Waals surface area contributed by atoms with Crippen molar-refractivity contribution in [1.82, 2.24) is 25.6 Å². The highest BCUT2D eigenvalue weighted by Gasteiger charge is 2.09. The summed E-state index contributed by atoms with van der Waals surface area (Å²) in [7, 11) is 0. The monoisotopic (exact) mass is 241 g/mol. The van der Waals surface area contributed by atoms with Crippen molar-refractivity contribution in [2.75, 3.05) is 19.6 Å². The molecular formula is C8H15N7O2. The van der Waals surface area contributed by atoms with E-state index in [4.69, 9.17) is 11.5 Å². The maximum atomic E-state index is 11.5. The minimum absolute atomic E-state index is 0.206. The molecule has 0 fully saturated rings. The Morgan fingerprint density at radius 2 is 2.06 bits per heavy atom. The molecule has 17 heavy (non-hydrogen) atoms. The zero-order chi connectivity index (χ0) is 12.7. The highest BCUT2D eigenvalue weighted by atomic mass is 16.2. The molecule has 94 valence electrons. The number of rotatable bonds is 6. The molecule has 1 heterocycles. The molecule has 9 nitrogen and oxygen atoms in total. The maximum absolute atomic E-state index is 11.5. The minimum atomic E-state index is -0.631. The second kappa shape index (κ2) is 6.43. The van der Waals surface area contributed by atoms with Gasteiger partial charge in [-0.3, -0.25) is 9.48 Å². The van der Waals surface area contributed by atoms with Gasteiger partial charge in [0.25, 0.3) is 5.91 Å². The number of carbonyl (C=O) groups excluding carboxylic acids is 2. The van der Waals surface area contributed by atoms with Crippen molar-refractivity contribution in [2.45, 2.75) is 6.54 Å². The largest absolute Gasteiger partial charge is 0.352 e. The van der Waals surface area contributed by atoms with Crippen LogP contribution in [0.3, 0.4) is 0 Å². The standard InChI is InChI=1S/C8H15N7O2/c9-1-4-15-5-6(13-14-15)7(16)11-2-3-12-8(10)17/h5H,1-4,9H2,(H,11,16)(H3,10,12,17). The lowest BCUT2D eigenvalue weighted by atomic mass is 10.4. The van der Waals surface area contributed by atoms with Crippen molar-refractivity contribution in [3.63, 3.8) is 0 Å². The minimum Gasteiger partial charge on any atom is -0.352 e. The summed E-state index contributed by atoms with van der Waals surface area (Å²) in [5.74, 6) is -0.362. The van der Waals surface area contributed by atoms with Gasteiger partial charge in [-0.15, -0.1) is 5.10 Å². The van der Waals surface area contributed by atoms with Crippen LogP contribution in [0.4, 0.5) is 4.79 Å². The molecule has 1 rings (SSSR count). The van der Waals surface area contributed by atoms with Gasteiger partial charge in [-0.2, -0.15) is 0 Å². The summed E-state index contributed by atoms with van der Waals surface area (Å²) in [4.78, 5) is 21.9. The molecule has 0 aliphatic rings. The van der Waals surface area contributed by atoms with E-state index in [1.807, 2.05) is 0 Å². The molecule has 0 aromatic carbocycles. The summed E-state index contributed by atoms with van der Waals surface area (Å²) < 4.78 is 1.48. The molecule has 0 bridgehead atoms. The molecule has 1 aromatic rings. The molecule has 0 atom stereocenters. The topological polar surface area (TPSA) is 141 Å². The molecule has 0 aliphatic heterocycles. The van der Waals surface area contributed by atoms with E-state index in [1.165, 1.54) is 10.9 Å². The molecule has 9 heteroatoms. The number of primary amides is 1. The number of hydrogen-bond donors (Lipinski definition) is 4. The summed E-state index contributed by atoms with van der Waals surface area (Å²) in [6.07, 6.45) is 1.50. The zero-order valence-corrected chi connectivity index (χ0v) is 9.22. The summed E-state index contributed by atoms with van der Waals surface area (Å²) in [6.45, 7) is 1.46. The Kier molecular flexibility index (Phi) is 4.88. The molecule has 0 unspecified atom stereocenters. The van der Waals surface area contributed by atoms with Crippen molar-refractivity contribution in [2.24, 2.45) is 11.5 Å². The van der Waals surface area contributed by atoms with E-state index < -0.39 is 6.03 Å². The third-order valence-electron chi connectivity index (χ3n) is 1.84. The predicted octanol–water partition coefficient (Wildman–Crippen LogP) is -2.37. The van der Waals surface area contributed by atoms with E-state index in [-0.39, 0.29) is 24.7 Å². The van der Waals surface area contributed by atoms with Crippen LogP contribution in [0.2, 0.25) is 0 Å². The van der Waals surface area contributed by atoms with E-state index in [9.17, 15) is 9.59 Å². The summed E-state index contributed by atoms with van der Waals surface area (Å²) >= 11 is 0. The maximum Gasteiger partial charge on any atom is 0.312 e. The van der Waals surface area contributed by atoms with Gasteiger partial charge >= 0.3 is 6.03 Å². The lowest BCUT2D eigenvalue weighted by molar-refractivity contribution is 0.0949. The fourth-order valence-electron chi connectivity index (χ4n) is 1.10. The van der Waals surface area contributed by atoms with Crippen molar-refractivity contribution in [1.29, 1.82) is 0 Å². The van der Waals surface area contributed by atoms with Crippen molar-refractivity contribution in [3.8, 4) is 0 Å². The van der Waals surface area contributed by atoms with E-state index in [2.05, 4.69) is 20.9 Å². The number of urea groups is 1. The average Bonchev–Trinajstić information content (AvgIpc) is 2.73. The SMILES string of the molecule is NCCn1cc(C(=O)NCCNC(N)=O)nn1. The molecule has 0 radical (unpaired) electrons. The number of carbonyl (C=O) groups is 2. The highest BCUT2D eigenvalue weighted by molar-refractivity contribution is 5.91. The average molecular weight is 241 g/mol. The van der Waals surface area contributed by atoms with Gasteiger partial charge in [-0.1, -0.05) is 5.21 Å². The van der Waals surface area contributed by atoms with Crippen LogP contribution in [0, 0.1) is 0 Å². The van der Waals surface area contributed by atoms with E-state index >= 15 is 0 Å². The fraction of sp³-hybridized carbons (Fsp3) is 0.500. The number of nitrogens with two attached hydrogens (primary N) is 2.